The number of carboxylic acids is 1. The van der Waals surface area contributed by atoms with Crippen LogP contribution in [0.2, 0.25) is 0 Å². The Morgan fingerprint density at radius 2 is 1.86 bits per heavy atom. The van der Waals surface area contributed by atoms with Crippen molar-refractivity contribution in [3.8, 4) is 0 Å². The highest BCUT2D eigenvalue weighted by molar-refractivity contribution is 5.95. The first-order valence-corrected chi connectivity index (χ1v) is 12.1. The van der Waals surface area contributed by atoms with Crippen LogP contribution in [0.4, 0.5) is 0 Å². The van der Waals surface area contributed by atoms with Gasteiger partial charge in [0.25, 0.3) is 0 Å². The lowest BCUT2D eigenvalue weighted by atomic mass is 10.0. The molecule has 11 heteroatoms. The van der Waals surface area contributed by atoms with Gasteiger partial charge in [0.1, 0.15) is 24.2 Å². The SMILES string of the molecule is CC(C)C(NC(=O)C(Cc1c[nH]c2ccccc12)NC(=O)C1CCCN1C(=O)C(N)C(C)O)C(=O)O. The zero-order valence-electron chi connectivity index (χ0n) is 20.7. The van der Waals surface area contributed by atoms with Crippen LogP contribution in [-0.4, -0.2) is 80.6 Å². The number of nitrogens with one attached hydrogen (secondary N) is 3. The first-order chi connectivity index (χ1) is 17.0. The summed E-state index contributed by atoms with van der Waals surface area (Å²) in [4.78, 5) is 55.4. The number of nitrogens with zero attached hydrogens (tertiary/aromatic N) is 1. The molecule has 3 amide bonds. The number of amides is 3. The maximum Gasteiger partial charge on any atom is 0.326 e. The number of hydrogen-bond donors (Lipinski definition) is 6. The number of hydrogen-bond acceptors (Lipinski definition) is 6. The fourth-order valence-electron chi connectivity index (χ4n) is 4.47. The summed E-state index contributed by atoms with van der Waals surface area (Å²) in [5.41, 5.74) is 7.45. The molecular weight excluding hydrogens is 466 g/mol. The number of H-pyrrole nitrogens is 1. The van der Waals surface area contributed by atoms with Gasteiger partial charge in [-0.05, 0) is 37.3 Å². The van der Waals surface area contributed by atoms with E-state index in [1.54, 1.807) is 20.0 Å². The maximum atomic E-state index is 13.3. The molecule has 1 fully saturated rings. The summed E-state index contributed by atoms with van der Waals surface area (Å²) in [5, 5.41) is 25.4. The molecule has 11 nitrogen and oxygen atoms in total. The predicted octanol–water partition coefficient (Wildman–Crippen LogP) is 0.120. The molecule has 1 saturated heterocycles. The van der Waals surface area contributed by atoms with Crippen molar-refractivity contribution in [2.45, 2.75) is 70.3 Å². The number of likely N-dealkylation sites (tertiary alicyclic amines) is 1. The average molecular weight is 502 g/mol. The van der Waals surface area contributed by atoms with Gasteiger partial charge < -0.3 is 36.5 Å². The van der Waals surface area contributed by atoms with Gasteiger partial charge in [0.05, 0.1) is 6.10 Å². The number of aliphatic carboxylic acids is 1. The minimum absolute atomic E-state index is 0.111. The Labute approximate surface area is 209 Å². The van der Waals surface area contributed by atoms with E-state index >= 15 is 0 Å². The Hall–Kier alpha value is -3.44. The third kappa shape index (κ3) is 6.03. The topological polar surface area (TPSA) is 178 Å². The molecule has 1 aliphatic heterocycles. The highest BCUT2D eigenvalue weighted by Gasteiger charge is 2.39. The Kier molecular flexibility index (Phi) is 8.70. The van der Waals surface area contributed by atoms with E-state index < -0.39 is 54.0 Å². The van der Waals surface area contributed by atoms with Gasteiger partial charge in [0.15, 0.2) is 0 Å². The van der Waals surface area contributed by atoms with Gasteiger partial charge >= 0.3 is 5.97 Å². The highest BCUT2D eigenvalue weighted by Crippen LogP contribution is 2.22. The Morgan fingerprint density at radius 3 is 2.50 bits per heavy atom. The van der Waals surface area contributed by atoms with Crippen molar-refractivity contribution >= 4 is 34.6 Å². The number of carboxylic acid groups (broad SMARTS) is 1. The Bertz CT molecular complexity index is 1110. The van der Waals surface area contributed by atoms with Crippen LogP contribution in [0.15, 0.2) is 30.5 Å². The third-order valence-electron chi connectivity index (χ3n) is 6.61. The maximum absolute atomic E-state index is 13.3. The number of aromatic nitrogens is 1. The molecule has 36 heavy (non-hydrogen) atoms. The molecule has 1 aliphatic rings. The van der Waals surface area contributed by atoms with E-state index in [-0.39, 0.29) is 12.3 Å². The van der Waals surface area contributed by atoms with E-state index in [2.05, 4.69) is 15.6 Å². The fourth-order valence-corrected chi connectivity index (χ4v) is 4.47. The number of fused-ring (bicyclic) bond motifs is 1. The summed E-state index contributed by atoms with van der Waals surface area (Å²) >= 11 is 0. The molecule has 0 bridgehead atoms. The number of rotatable bonds is 10. The summed E-state index contributed by atoms with van der Waals surface area (Å²) in [6, 6.07) is 3.29. The van der Waals surface area contributed by atoms with E-state index in [1.165, 1.54) is 11.8 Å². The molecule has 5 unspecified atom stereocenters. The molecule has 2 heterocycles. The minimum atomic E-state index is -1.17. The second-order valence-corrected chi connectivity index (χ2v) is 9.65. The van der Waals surface area contributed by atoms with E-state index in [4.69, 9.17) is 5.73 Å². The Balaban J connectivity index is 1.84. The van der Waals surface area contributed by atoms with Crippen molar-refractivity contribution in [2.75, 3.05) is 6.54 Å². The second kappa shape index (κ2) is 11.5. The average Bonchev–Trinajstić information content (AvgIpc) is 3.48. The number of carbonyl (C=O) groups is 4. The summed E-state index contributed by atoms with van der Waals surface area (Å²) in [6.07, 6.45) is 1.74. The van der Waals surface area contributed by atoms with Crippen molar-refractivity contribution in [3.63, 3.8) is 0 Å². The normalized spacial score (nSPS) is 19.1. The van der Waals surface area contributed by atoms with Crippen molar-refractivity contribution < 1.29 is 29.4 Å². The molecule has 0 aliphatic carbocycles. The number of carbonyl (C=O) groups excluding carboxylic acids is 3. The zero-order valence-corrected chi connectivity index (χ0v) is 20.7. The van der Waals surface area contributed by atoms with Gasteiger partial charge in [-0.1, -0.05) is 32.0 Å². The minimum Gasteiger partial charge on any atom is -0.480 e. The summed E-state index contributed by atoms with van der Waals surface area (Å²) < 4.78 is 0. The molecule has 0 radical (unpaired) electrons. The van der Waals surface area contributed by atoms with Crippen LogP contribution in [-0.2, 0) is 25.6 Å². The smallest absolute Gasteiger partial charge is 0.326 e. The summed E-state index contributed by atoms with van der Waals surface area (Å²) in [7, 11) is 0. The molecule has 0 spiro atoms. The lowest BCUT2D eigenvalue weighted by Gasteiger charge is -2.29. The number of aliphatic hydroxyl groups is 1. The Morgan fingerprint density at radius 1 is 1.17 bits per heavy atom. The fraction of sp³-hybridized carbons (Fsp3) is 0.520. The first kappa shape index (κ1) is 27.2. The number of aliphatic hydroxyl groups excluding tert-OH is 1. The number of aromatic amines is 1. The first-order valence-electron chi connectivity index (χ1n) is 12.1. The molecule has 2 aromatic rings. The molecule has 5 atom stereocenters. The second-order valence-electron chi connectivity index (χ2n) is 9.65. The van der Waals surface area contributed by atoms with Gasteiger partial charge in [-0.2, -0.15) is 0 Å². The van der Waals surface area contributed by atoms with Crippen molar-refractivity contribution in [2.24, 2.45) is 11.7 Å². The van der Waals surface area contributed by atoms with Crippen molar-refractivity contribution in [1.29, 1.82) is 0 Å². The summed E-state index contributed by atoms with van der Waals surface area (Å²) in [6.45, 7) is 5.08. The number of benzene rings is 1. The van der Waals surface area contributed by atoms with Crippen LogP contribution in [0, 0.1) is 5.92 Å². The third-order valence-corrected chi connectivity index (χ3v) is 6.61. The van der Waals surface area contributed by atoms with Gasteiger partial charge in [-0.3, -0.25) is 14.4 Å². The monoisotopic (exact) mass is 501 g/mol. The molecular formula is C25H35N5O6. The van der Waals surface area contributed by atoms with Crippen LogP contribution in [0.3, 0.4) is 0 Å². The lowest BCUT2D eigenvalue weighted by molar-refractivity contribution is -0.144. The standard InChI is InChI=1S/C25H35N5O6/c1-13(2)21(25(35)36)29-22(32)18(11-15-12-27-17-8-5-4-7-16(15)17)28-23(33)19-9-6-10-30(19)24(34)20(26)14(3)31/h4-5,7-8,12-14,18-21,27,31H,6,9-11,26H2,1-3H3,(H,28,33)(H,29,32)(H,35,36). The highest BCUT2D eigenvalue weighted by atomic mass is 16.4. The van der Waals surface area contributed by atoms with Gasteiger partial charge in [-0.15, -0.1) is 0 Å². The van der Waals surface area contributed by atoms with Crippen LogP contribution in [0.5, 0.6) is 0 Å². The van der Waals surface area contributed by atoms with Gasteiger partial charge in [0.2, 0.25) is 17.7 Å². The number of nitrogens with two attached hydrogens (primary N) is 1. The van der Waals surface area contributed by atoms with Crippen LogP contribution in [0.1, 0.15) is 39.2 Å². The molecule has 7 N–H and O–H groups in total. The van der Waals surface area contributed by atoms with Crippen LogP contribution < -0.4 is 16.4 Å². The molecule has 196 valence electrons. The van der Waals surface area contributed by atoms with Crippen molar-refractivity contribution in [1.82, 2.24) is 20.5 Å². The largest absolute Gasteiger partial charge is 0.480 e. The quantitative estimate of drug-likeness (QED) is 0.268. The molecule has 0 saturated carbocycles. The van der Waals surface area contributed by atoms with Crippen LogP contribution in [0.25, 0.3) is 10.9 Å². The molecule has 3 rings (SSSR count). The van der Waals surface area contributed by atoms with Crippen molar-refractivity contribution in [3.05, 3.63) is 36.0 Å². The van der Waals surface area contributed by atoms with E-state index in [1.807, 2.05) is 24.3 Å². The van der Waals surface area contributed by atoms with Gasteiger partial charge in [0, 0.05) is 30.1 Å². The van der Waals surface area contributed by atoms with E-state index in [9.17, 15) is 29.4 Å². The van der Waals surface area contributed by atoms with E-state index in [0.717, 1.165) is 16.5 Å². The number of para-hydroxylation sites is 1. The van der Waals surface area contributed by atoms with Gasteiger partial charge in [-0.25, -0.2) is 4.79 Å². The molecule has 1 aromatic heterocycles. The zero-order chi connectivity index (χ0) is 26.6. The van der Waals surface area contributed by atoms with E-state index in [0.29, 0.717) is 19.4 Å². The lowest BCUT2D eigenvalue weighted by Crippen LogP contribution is -2.58. The summed E-state index contributed by atoms with van der Waals surface area (Å²) in [5.74, 6) is -3.25. The predicted molar refractivity (Wildman–Crippen MR) is 133 cm³/mol. The molecule has 1 aromatic carbocycles. The van der Waals surface area contributed by atoms with Crippen LogP contribution >= 0.6 is 0 Å².